The van der Waals surface area contributed by atoms with Crippen LogP contribution >= 0.6 is 0 Å². The molecule has 0 aromatic heterocycles. The van der Waals surface area contributed by atoms with E-state index in [-0.39, 0.29) is 5.60 Å². The van der Waals surface area contributed by atoms with E-state index in [1.54, 1.807) is 6.92 Å². The molecule has 0 radical (unpaired) electrons. The third kappa shape index (κ3) is 5.55. The Kier molecular flexibility index (Phi) is 4.90. The van der Waals surface area contributed by atoms with Gasteiger partial charge in [-0.25, -0.2) is 0 Å². The summed E-state index contributed by atoms with van der Waals surface area (Å²) in [5.74, 6) is 0.460. The van der Waals surface area contributed by atoms with E-state index in [2.05, 4.69) is 0 Å². The van der Waals surface area contributed by atoms with Crippen LogP contribution < -0.4 is 10.2 Å². The highest BCUT2D eigenvalue weighted by Gasteiger charge is 2.25. The molecule has 19 heavy (non-hydrogen) atoms. The molecule has 1 aromatic carbocycles. The average Bonchev–Trinajstić information content (AvgIpc) is 2.23. The van der Waals surface area contributed by atoms with E-state index in [1.807, 2.05) is 20.8 Å². The van der Waals surface area contributed by atoms with Gasteiger partial charge in [-0.05, 0) is 39.3 Å². The normalized spacial score (nSPS) is 12.6. The van der Waals surface area contributed by atoms with Crippen molar-refractivity contribution in [3.05, 3.63) is 23.8 Å². The summed E-state index contributed by atoms with van der Waals surface area (Å²) < 4.78 is 48.5. The van der Waals surface area contributed by atoms with E-state index in [0.29, 0.717) is 24.5 Å². The molecule has 0 spiro atoms. The van der Waals surface area contributed by atoms with Crippen LogP contribution in [0.15, 0.2) is 18.2 Å². The molecule has 0 saturated carbocycles. The predicted molar refractivity (Wildman–Crippen MR) is 71.1 cm³/mol. The van der Waals surface area contributed by atoms with Crippen molar-refractivity contribution in [3.63, 3.8) is 0 Å². The van der Waals surface area contributed by atoms with Gasteiger partial charge in [0.25, 0.3) is 0 Å². The first-order chi connectivity index (χ1) is 8.59. The minimum atomic E-state index is -4.96. The highest BCUT2D eigenvalue weighted by atomic mass is 19.4. The van der Waals surface area contributed by atoms with Crippen LogP contribution in [0.5, 0.6) is 5.75 Å². The quantitative estimate of drug-likeness (QED) is 0.606. The van der Waals surface area contributed by atoms with Crippen LogP contribution in [-0.4, -0.2) is 25.8 Å². The van der Waals surface area contributed by atoms with Gasteiger partial charge in [0.05, 0.1) is 12.2 Å². The Morgan fingerprint density at radius 2 is 1.74 bits per heavy atom. The summed E-state index contributed by atoms with van der Waals surface area (Å²) in [6.45, 7) is 3.15. The molecular weight excluding hydrogens is 256 g/mol. The van der Waals surface area contributed by atoms with E-state index in [4.69, 9.17) is 9.47 Å². The van der Waals surface area contributed by atoms with Crippen molar-refractivity contribution < 1.29 is 22.4 Å². The van der Waals surface area contributed by atoms with E-state index in [1.165, 1.54) is 6.07 Å². The Morgan fingerprint density at radius 3 is 2.21 bits per heavy atom. The summed E-state index contributed by atoms with van der Waals surface area (Å²) >= 11 is 0. The lowest BCUT2D eigenvalue weighted by Gasteiger charge is -2.20. The Balaban J connectivity index is 2.57. The summed E-state index contributed by atoms with van der Waals surface area (Å²) in [7, 11) is 0. The molecule has 0 bridgehead atoms. The number of ether oxygens (including phenoxy) is 2. The zero-order chi connectivity index (χ0) is 14.7. The van der Waals surface area contributed by atoms with Gasteiger partial charge in [-0.15, -0.1) is 5.46 Å². The van der Waals surface area contributed by atoms with Crippen molar-refractivity contribution in [3.8, 4) is 5.75 Å². The smallest absolute Gasteiger partial charge is 0.491 e. The van der Waals surface area contributed by atoms with Crippen LogP contribution in [0.4, 0.5) is 12.9 Å². The molecule has 0 fully saturated rings. The molecule has 0 heterocycles. The topological polar surface area (TPSA) is 18.5 Å². The SMILES string of the molecule is Cc1cc([B-](F)(F)F)ccc1OCCOC(C)(C)C. The van der Waals surface area contributed by atoms with Crippen LogP contribution in [0.3, 0.4) is 0 Å². The zero-order valence-corrected chi connectivity index (χ0v) is 11.7. The van der Waals surface area contributed by atoms with Gasteiger partial charge < -0.3 is 22.4 Å². The number of aryl methyl sites for hydroxylation is 1. The first-order valence-electron chi connectivity index (χ1n) is 6.17. The molecule has 0 saturated heterocycles. The van der Waals surface area contributed by atoms with Crippen molar-refractivity contribution in [2.45, 2.75) is 33.3 Å². The second-order valence-electron chi connectivity index (χ2n) is 5.41. The molecule has 108 valence electrons. The largest absolute Gasteiger partial charge is 0.509 e. The molecule has 1 rings (SSSR count). The molecule has 0 amide bonds. The zero-order valence-electron chi connectivity index (χ0n) is 11.7. The molecule has 0 unspecified atom stereocenters. The fourth-order valence-electron chi connectivity index (χ4n) is 1.54. The maximum absolute atomic E-state index is 12.5. The van der Waals surface area contributed by atoms with Crippen molar-refractivity contribution in [1.29, 1.82) is 0 Å². The van der Waals surface area contributed by atoms with Crippen molar-refractivity contribution in [2.75, 3.05) is 13.2 Å². The van der Waals surface area contributed by atoms with Gasteiger partial charge in [0, 0.05) is 0 Å². The van der Waals surface area contributed by atoms with Gasteiger partial charge in [-0.1, -0.05) is 12.1 Å². The molecular formula is C13H19BF3O2-. The second-order valence-corrected chi connectivity index (χ2v) is 5.41. The Morgan fingerprint density at radius 1 is 1.11 bits per heavy atom. The van der Waals surface area contributed by atoms with Gasteiger partial charge in [0.1, 0.15) is 12.4 Å². The van der Waals surface area contributed by atoms with Gasteiger partial charge in [-0.3, -0.25) is 0 Å². The molecule has 0 aliphatic heterocycles. The summed E-state index contributed by atoms with van der Waals surface area (Å²) in [5, 5.41) is 0. The van der Waals surface area contributed by atoms with Crippen LogP contribution in [0.25, 0.3) is 0 Å². The van der Waals surface area contributed by atoms with Crippen LogP contribution in [0.1, 0.15) is 26.3 Å². The minimum Gasteiger partial charge on any atom is -0.491 e. The van der Waals surface area contributed by atoms with E-state index < -0.39 is 12.4 Å². The van der Waals surface area contributed by atoms with E-state index in [0.717, 1.165) is 12.1 Å². The standard InChI is InChI=1S/C13H19BF3O2/c1-10-9-11(14(15,16)17)5-6-12(10)18-7-8-19-13(2,3)4/h5-6,9H,7-8H2,1-4H3/q-1. The molecule has 0 aliphatic rings. The maximum Gasteiger partial charge on any atom is 0.509 e. The molecule has 0 atom stereocenters. The fraction of sp³-hybridized carbons (Fsp3) is 0.538. The number of rotatable bonds is 5. The molecule has 0 aliphatic carbocycles. The Bertz CT molecular complexity index is 425. The second kappa shape index (κ2) is 5.86. The van der Waals surface area contributed by atoms with Gasteiger partial charge in [0.2, 0.25) is 0 Å². The first kappa shape index (κ1) is 15.9. The van der Waals surface area contributed by atoms with Crippen molar-refractivity contribution >= 4 is 12.4 Å². The molecule has 0 N–H and O–H groups in total. The third-order valence-electron chi connectivity index (χ3n) is 2.45. The monoisotopic (exact) mass is 275 g/mol. The van der Waals surface area contributed by atoms with Gasteiger partial charge in [0.15, 0.2) is 0 Å². The van der Waals surface area contributed by atoms with Crippen molar-refractivity contribution in [1.82, 2.24) is 0 Å². The van der Waals surface area contributed by atoms with Crippen LogP contribution in [0.2, 0.25) is 0 Å². The molecule has 6 heteroatoms. The fourth-order valence-corrected chi connectivity index (χ4v) is 1.54. The summed E-state index contributed by atoms with van der Waals surface area (Å²) in [4.78, 5) is 0. The summed E-state index contributed by atoms with van der Waals surface area (Å²) in [6, 6.07) is 3.52. The summed E-state index contributed by atoms with van der Waals surface area (Å²) in [5.41, 5.74) is -0.371. The van der Waals surface area contributed by atoms with Crippen LogP contribution in [-0.2, 0) is 4.74 Å². The average molecular weight is 275 g/mol. The van der Waals surface area contributed by atoms with E-state index >= 15 is 0 Å². The molecule has 2 nitrogen and oxygen atoms in total. The van der Waals surface area contributed by atoms with E-state index in [9.17, 15) is 12.9 Å². The Hall–Kier alpha value is -1.17. The van der Waals surface area contributed by atoms with Gasteiger partial charge >= 0.3 is 6.98 Å². The Labute approximate surface area is 112 Å². The number of halogens is 3. The highest BCUT2D eigenvalue weighted by molar-refractivity contribution is 6.73. The number of benzene rings is 1. The third-order valence-corrected chi connectivity index (χ3v) is 2.45. The summed E-state index contributed by atoms with van der Waals surface area (Å²) in [6.07, 6.45) is 0. The minimum absolute atomic E-state index is 0.249. The van der Waals surface area contributed by atoms with Crippen LogP contribution in [0, 0.1) is 6.92 Å². The number of hydrogen-bond donors (Lipinski definition) is 0. The maximum atomic E-state index is 12.5. The molecule has 1 aromatic rings. The predicted octanol–water partition coefficient (Wildman–Crippen LogP) is 3.24. The number of hydrogen-bond acceptors (Lipinski definition) is 2. The lowest BCUT2D eigenvalue weighted by molar-refractivity contribution is -0.0163. The lowest BCUT2D eigenvalue weighted by atomic mass is 9.79. The first-order valence-corrected chi connectivity index (χ1v) is 6.17. The van der Waals surface area contributed by atoms with Gasteiger partial charge in [-0.2, -0.15) is 0 Å². The van der Waals surface area contributed by atoms with Crippen molar-refractivity contribution in [2.24, 2.45) is 0 Å². The highest BCUT2D eigenvalue weighted by Crippen LogP contribution is 2.19. The lowest BCUT2D eigenvalue weighted by Crippen LogP contribution is -2.34.